The Bertz CT molecular complexity index is 387. The van der Waals surface area contributed by atoms with Crippen LogP contribution in [-0.4, -0.2) is 36.1 Å². The molecule has 4 heteroatoms. The molecule has 1 aromatic rings. The lowest BCUT2D eigenvalue weighted by molar-refractivity contribution is 0.365. The van der Waals surface area contributed by atoms with Gasteiger partial charge < -0.3 is 14.8 Å². The highest BCUT2D eigenvalue weighted by Gasteiger charge is 2.05. The standard InChI is InChI=1S/C13H22N4/c1-11(5-6-16(2)3)15-9-12-7-13(8-14)17(4)10-12/h7,10-11,15H,5-6,9H2,1-4H3. The molecule has 4 nitrogen and oxygen atoms in total. The van der Waals surface area contributed by atoms with Crippen LogP contribution < -0.4 is 5.32 Å². The van der Waals surface area contributed by atoms with Crippen molar-refractivity contribution in [3.63, 3.8) is 0 Å². The first kappa shape index (κ1) is 13.8. The van der Waals surface area contributed by atoms with Crippen molar-refractivity contribution in [1.29, 1.82) is 5.26 Å². The minimum absolute atomic E-state index is 0.489. The number of nitriles is 1. The summed E-state index contributed by atoms with van der Waals surface area (Å²) in [5.74, 6) is 0. The van der Waals surface area contributed by atoms with Gasteiger partial charge in [-0.25, -0.2) is 0 Å². The fourth-order valence-electron chi connectivity index (χ4n) is 1.69. The Labute approximate surface area is 104 Å². The van der Waals surface area contributed by atoms with E-state index in [1.165, 1.54) is 5.56 Å². The third-order valence-electron chi connectivity index (χ3n) is 2.84. The van der Waals surface area contributed by atoms with Crippen molar-refractivity contribution in [3.8, 4) is 6.07 Å². The third-order valence-corrected chi connectivity index (χ3v) is 2.84. The molecule has 1 N–H and O–H groups in total. The van der Waals surface area contributed by atoms with Gasteiger partial charge >= 0.3 is 0 Å². The quantitative estimate of drug-likeness (QED) is 0.807. The molecule has 1 unspecified atom stereocenters. The van der Waals surface area contributed by atoms with Crippen LogP contribution in [0.2, 0.25) is 0 Å². The second-order valence-electron chi connectivity index (χ2n) is 4.83. The molecule has 17 heavy (non-hydrogen) atoms. The van der Waals surface area contributed by atoms with Gasteiger partial charge in [-0.3, -0.25) is 0 Å². The molecule has 1 atom stereocenters. The van der Waals surface area contributed by atoms with Gasteiger partial charge in [-0.2, -0.15) is 5.26 Å². The van der Waals surface area contributed by atoms with Crippen molar-refractivity contribution < 1.29 is 0 Å². The summed E-state index contributed by atoms with van der Waals surface area (Å²) >= 11 is 0. The zero-order valence-electron chi connectivity index (χ0n) is 11.2. The zero-order chi connectivity index (χ0) is 12.8. The third kappa shape index (κ3) is 4.59. The van der Waals surface area contributed by atoms with E-state index in [1.54, 1.807) is 0 Å². The molecule has 1 aromatic heterocycles. The van der Waals surface area contributed by atoms with Gasteiger partial charge in [0.05, 0.1) is 0 Å². The SMILES string of the molecule is CC(CCN(C)C)NCc1cc(C#N)n(C)c1. The summed E-state index contributed by atoms with van der Waals surface area (Å²) in [5.41, 5.74) is 1.88. The lowest BCUT2D eigenvalue weighted by Gasteiger charge is -2.16. The monoisotopic (exact) mass is 234 g/mol. The van der Waals surface area contributed by atoms with E-state index in [0.717, 1.165) is 19.5 Å². The van der Waals surface area contributed by atoms with E-state index in [9.17, 15) is 0 Å². The molecule has 94 valence electrons. The van der Waals surface area contributed by atoms with Crippen LogP contribution in [0.25, 0.3) is 0 Å². The molecule has 0 radical (unpaired) electrons. The normalized spacial score (nSPS) is 12.7. The Morgan fingerprint density at radius 3 is 2.76 bits per heavy atom. The summed E-state index contributed by atoms with van der Waals surface area (Å²) in [6.07, 6.45) is 3.13. The first-order valence-corrected chi connectivity index (χ1v) is 5.96. The van der Waals surface area contributed by atoms with Crippen LogP contribution in [0, 0.1) is 11.3 Å². The van der Waals surface area contributed by atoms with Gasteiger partial charge in [0.1, 0.15) is 11.8 Å². The number of aryl methyl sites for hydroxylation is 1. The molecule has 0 aliphatic heterocycles. The first-order valence-electron chi connectivity index (χ1n) is 5.96. The fraction of sp³-hybridized carbons (Fsp3) is 0.615. The highest BCUT2D eigenvalue weighted by atomic mass is 15.1. The summed E-state index contributed by atoms with van der Waals surface area (Å²) in [7, 11) is 6.07. The fourth-order valence-corrected chi connectivity index (χ4v) is 1.69. The molecule has 0 aliphatic rings. The maximum absolute atomic E-state index is 8.86. The Hall–Kier alpha value is -1.31. The second-order valence-corrected chi connectivity index (χ2v) is 4.83. The number of hydrogen-bond donors (Lipinski definition) is 1. The maximum Gasteiger partial charge on any atom is 0.120 e. The van der Waals surface area contributed by atoms with Gasteiger partial charge in [0.25, 0.3) is 0 Å². The molecule has 0 bridgehead atoms. The van der Waals surface area contributed by atoms with Crippen LogP contribution in [0.5, 0.6) is 0 Å². The van der Waals surface area contributed by atoms with Crippen LogP contribution in [0.3, 0.4) is 0 Å². The van der Waals surface area contributed by atoms with E-state index in [1.807, 2.05) is 23.9 Å². The molecule has 0 aromatic carbocycles. The molecule has 0 amide bonds. The maximum atomic E-state index is 8.86. The zero-order valence-corrected chi connectivity index (χ0v) is 11.2. The predicted octanol–water partition coefficient (Wildman–Crippen LogP) is 1.33. The van der Waals surface area contributed by atoms with Gasteiger partial charge in [0.2, 0.25) is 0 Å². The number of hydrogen-bond acceptors (Lipinski definition) is 3. The van der Waals surface area contributed by atoms with E-state index in [-0.39, 0.29) is 0 Å². The minimum Gasteiger partial charge on any atom is -0.342 e. The van der Waals surface area contributed by atoms with E-state index < -0.39 is 0 Å². The first-order chi connectivity index (χ1) is 8.02. The second kappa shape index (κ2) is 6.43. The van der Waals surface area contributed by atoms with Crippen LogP contribution in [0.1, 0.15) is 24.6 Å². The van der Waals surface area contributed by atoms with Crippen LogP contribution in [-0.2, 0) is 13.6 Å². The molecule has 0 fully saturated rings. The summed E-state index contributed by atoms with van der Waals surface area (Å²) in [4.78, 5) is 2.19. The molecule has 0 spiro atoms. The van der Waals surface area contributed by atoms with Gasteiger partial charge in [-0.1, -0.05) is 0 Å². The summed E-state index contributed by atoms with van der Waals surface area (Å²) in [5, 5.41) is 12.3. The molecule has 1 heterocycles. The number of rotatable bonds is 6. The van der Waals surface area contributed by atoms with Gasteiger partial charge in [0, 0.05) is 25.8 Å². The van der Waals surface area contributed by atoms with Crippen LogP contribution >= 0.6 is 0 Å². The minimum atomic E-state index is 0.489. The van der Waals surface area contributed by atoms with Gasteiger partial charge in [0.15, 0.2) is 0 Å². The van der Waals surface area contributed by atoms with E-state index in [2.05, 4.69) is 37.3 Å². The van der Waals surface area contributed by atoms with Crippen molar-refractivity contribution in [2.24, 2.45) is 7.05 Å². The van der Waals surface area contributed by atoms with Crippen molar-refractivity contribution in [1.82, 2.24) is 14.8 Å². The lowest BCUT2D eigenvalue weighted by atomic mass is 10.2. The van der Waals surface area contributed by atoms with Crippen molar-refractivity contribution in [3.05, 3.63) is 23.5 Å². The number of nitrogens with one attached hydrogen (secondary N) is 1. The average molecular weight is 234 g/mol. The molecule has 0 aliphatic carbocycles. The summed E-state index contributed by atoms with van der Waals surface area (Å²) in [6, 6.07) is 4.60. The Morgan fingerprint density at radius 1 is 1.53 bits per heavy atom. The topological polar surface area (TPSA) is 44.0 Å². The molecule has 0 saturated carbocycles. The smallest absolute Gasteiger partial charge is 0.120 e. The Morgan fingerprint density at radius 2 is 2.24 bits per heavy atom. The van der Waals surface area contributed by atoms with Crippen molar-refractivity contribution in [2.45, 2.75) is 25.9 Å². The molecule has 1 rings (SSSR count). The largest absolute Gasteiger partial charge is 0.342 e. The Kier molecular flexibility index (Phi) is 5.20. The lowest BCUT2D eigenvalue weighted by Crippen LogP contribution is -2.29. The molecular formula is C13H22N4. The summed E-state index contributed by atoms with van der Waals surface area (Å²) < 4.78 is 1.86. The molecular weight excluding hydrogens is 212 g/mol. The highest BCUT2D eigenvalue weighted by Crippen LogP contribution is 2.06. The van der Waals surface area contributed by atoms with E-state index in [0.29, 0.717) is 11.7 Å². The Balaban J connectivity index is 2.37. The molecule has 0 saturated heterocycles. The van der Waals surface area contributed by atoms with E-state index in [4.69, 9.17) is 5.26 Å². The van der Waals surface area contributed by atoms with Gasteiger partial charge in [-0.05, 0) is 45.6 Å². The van der Waals surface area contributed by atoms with Gasteiger partial charge in [-0.15, -0.1) is 0 Å². The van der Waals surface area contributed by atoms with E-state index >= 15 is 0 Å². The number of aromatic nitrogens is 1. The predicted molar refractivity (Wildman–Crippen MR) is 69.6 cm³/mol. The van der Waals surface area contributed by atoms with Crippen molar-refractivity contribution in [2.75, 3.05) is 20.6 Å². The number of nitrogens with zero attached hydrogens (tertiary/aromatic N) is 3. The van der Waals surface area contributed by atoms with Crippen LogP contribution in [0.4, 0.5) is 0 Å². The summed E-state index contributed by atoms with van der Waals surface area (Å²) in [6.45, 7) is 4.11. The highest BCUT2D eigenvalue weighted by molar-refractivity contribution is 5.28. The van der Waals surface area contributed by atoms with Crippen molar-refractivity contribution >= 4 is 0 Å². The van der Waals surface area contributed by atoms with Crippen LogP contribution in [0.15, 0.2) is 12.3 Å². The average Bonchev–Trinajstić information content (AvgIpc) is 2.64.